The number of methoxy groups -OCH3 is 6. The van der Waals surface area contributed by atoms with Gasteiger partial charge in [0.15, 0.2) is 0 Å². The smallest absolute Gasteiger partial charge is 0.309 e. The number of carbonyl (C=O) groups excluding carboxylic acids is 4. The number of alkyl halides is 4. The molecule has 0 radical (unpaired) electrons. The maximum atomic E-state index is 10.9. The lowest BCUT2D eigenvalue weighted by Crippen LogP contribution is -2.05. The quantitative estimate of drug-likeness (QED) is 0.0571. The minimum absolute atomic E-state index is 0.118. The fourth-order valence-corrected chi connectivity index (χ4v) is 4.08. The van der Waals surface area contributed by atoms with E-state index in [9.17, 15) is 19.2 Å². The average Bonchev–Trinajstić information content (AvgIpc) is 3.06. The summed E-state index contributed by atoms with van der Waals surface area (Å²) in [5.74, 6) is 1.59. The number of carbonyl (C=O) groups is 4. The normalized spacial score (nSPS) is 13.8. The van der Waals surface area contributed by atoms with Gasteiger partial charge in [-0.15, -0.1) is 23.2 Å². The Balaban J connectivity index is -0.000000282. The molecule has 12 nitrogen and oxygen atoms in total. The second kappa shape index (κ2) is 36.4. The van der Waals surface area contributed by atoms with Crippen LogP contribution in [0, 0.1) is 0 Å². The van der Waals surface area contributed by atoms with E-state index in [-0.39, 0.29) is 70.0 Å². The van der Waals surface area contributed by atoms with Crippen LogP contribution in [-0.4, -0.2) is 100 Å². The molecular formula is C34H56Br2Cl2O12. The van der Waals surface area contributed by atoms with Gasteiger partial charge in [-0.3, -0.25) is 19.2 Å². The molecule has 0 aromatic rings. The highest BCUT2D eigenvalue weighted by Gasteiger charge is 2.08. The third-order valence-corrected chi connectivity index (χ3v) is 6.79. The van der Waals surface area contributed by atoms with E-state index in [2.05, 4.69) is 41.3 Å². The molecule has 0 heterocycles. The van der Waals surface area contributed by atoms with Gasteiger partial charge in [0, 0.05) is 0 Å². The molecule has 0 aliphatic heterocycles. The van der Waals surface area contributed by atoms with Crippen LogP contribution < -0.4 is 0 Å². The number of esters is 4. The average molecular weight is 888 g/mol. The molecule has 0 amide bonds. The van der Waals surface area contributed by atoms with E-state index in [1.807, 2.05) is 13.8 Å². The second-order valence-corrected chi connectivity index (χ2v) is 13.3. The van der Waals surface area contributed by atoms with Crippen LogP contribution in [0.4, 0.5) is 0 Å². The van der Waals surface area contributed by atoms with Gasteiger partial charge in [0.2, 0.25) is 0 Å². The van der Waals surface area contributed by atoms with Crippen molar-refractivity contribution in [2.45, 2.75) is 87.6 Å². The molecule has 0 aliphatic carbocycles. The van der Waals surface area contributed by atoms with Crippen LogP contribution in [0.3, 0.4) is 0 Å². The predicted octanol–water partition coefficient (Wildman–Crippen LogP) is 7.92. The number of ether oxygens (including phenoxy) is 8. The minimum Gasteiger partial charge on any atom is -0.500 e. The van der Waals surface area contributed by atoms with E-state index >= 15 is 0 Å². The standard InChI is InChI=1S/C9H15BrO3.C9H15ClO3.C8H13BrO3.C8H13ClO3/c2*1-4-13-9(11)6-5-8(12-3)7(2)10;2*1-6(9)7(11-2)4-5-8(10)12-3/h2*5,7H,4,6H2,1-3H3;2*4,6H,5H2,1-3H3/b2*8-5-;2*7-4-. The van der Waals surface area contributed by atoms with Crippen molar-refractivity contribution in [2.75, 3.05) is 55.9 Å². The molecule has 0 aromatic heterocycles. The summed E-state index contributed by atoms with van der Waals surface area (Å²) >= 11 is 18.2. The molecule has 0 saturated heterocycles. The lowest BCUT2D eigenvalue weighted by Gasteiger charge is -2.07. The molecule has 0 rings (SSSR count). The Labute approximate surface area is 325 Å². The molecule has 0 aromatic carbocycles. The first-order chi connectivity index (χ1) is 23.5. The van der Waals surface area contributed by atoms with Crippen LogP contribution in [-0.2, 0) is 57.1 Å². The molecule has 4 unspecified atom stereocenters. The summed E-state index contributed by atoms with van der Waals surface area (Å²) in [7, 11) is 8.89. The number of rotatable bonds is 18. The first-order valence-corrected chi connectivity index (χ1v) is 18.1. The van der Waals surface area contributed by atoms with Crippen molar-refractivity contribution in [1.29, 1.82) is 0 Å². The molecule has 0 spiro atoms. The summed E-state index contributed by atoms with van der Waals surface area (Å²) in [6.07, 6.45) is 7.56. The molecule has 4 atom stereocenters. The first kappa shape index (κ1) is 54.4. The lowest BCUT2D eigenvalue weighted by molar-refractivity contribution is -0.143. The Bertz CT molecular complexity index is 975. The first-order valence-electron chi connectivity index (χ1n) is 15.4. The lowest BCUT2D eigenvalue weighted by atomic mass is 10.3. The van der Waals surface area contributed by atoms with Crippen LogP contribution in [0.1, 0.15) is 67.2 Å². The topological polar surface area (TPSA) is 142 Å². The minimum atomic E-state index is -0.304. The Morgan fingerprint density at radius 2 is 0.720 bits per heavy atom. The monoisotopic (exact) mass is 884 g/mol. The van der Waals surface area contributed by atoms with Crippen molar-refractivity contribution < 1.29 is 57.1 Å². The van der Waals surface area contributed by atoms with E-state index in [0.717, 1.165) is 11.5 Å². The highest BCUT2D eigenvalue weighted by molar-refractivity contribution is 9.09. The van der Waals surface area contributed by atoms with Crippen LogP contribution in [0.2, 0.25) is 0 Å². The highest BCUT2D eigenvalue weighted by atomic mass is 79.9. The van der Waals surface area contributed by atoms with Crippen molar-refractivity contribution >= 4 is 78.9 Å². The van der Waals surface area contributed by atoms with Crippen LogP contribution in [0.15, 0.2) is 47.3 Å². The van der Waals surface area contributed by atoms with Gasteiger partial charge in [0.1, 0.15) is 23.0 Å². The van der Waals surface area contributed by atoms with Crippen LogP contribution in [0.5, 0.6) is 0 Å². The largest absolute Gasteiger partial charge is 0.500 e. The Hall–Kier alpha value is -2.42. The van der Waals surface area contributed by atoms with E-state index in [1.54, 1.807) is 66.2 Å². The number of allylic oxidation sites excluding steroid dienone is 4. The molecule has 0 saturated carbocycles. The van der Waals surface area contributed by atoms with Crippen molar-refractivity contribution in [3.05, 3.63) is 47.3 Å². The third-order valence-electron chi connectivity index (χ3n) is 5.46. The Morgan fingerprint density at radius 3 is 0.900 bits per heavy atom. The van der Waals surface area contributed by atoms with Gasteiger partial charge >= 0.3 is 23.9 Å². The van der Waals surface area contributed by atoms with Gasteiger partial charge in [-0.05, 0) is 65.8 Å². The summed E-state index contributed by atoms with van der Waals surface area (Å²) in [6.45, 7) is 11.8. The van der Waals surface area contributed by atoms with Gasteiger partial charge in [-0.2, -0.15) is 0 Å². The van der Waals surface area contributed by atoms with Crippen molar-refractivity contribution in [1.82, 2.24) is 0 Å². The molecular weight excluding hydrogens is 831 g/mol. The van der Waals surface area contributed by atoms with Crippen LogP contribution in [0.25, 0.3) is 0 Å². The SMILES string of the molecule is CCOC(=O)C/C=C(\OC)C(C)Br.CCOC(=O)C/C=C(\OC)C(C)Cl.COC(=O)C/C=C(\OC)C(C)Br.COC(=O)C/C=C(\OC)C(C)Cl. The number of hydrogen-bond acceptors (Lipinski definition) is 12. The Kier molecular flexibility index (Phi) is 39.5. The third kappa shape index (κ3) is 34.0. The molecule has 0 bridgehead atoms. The van der Waals surface area contributed by atoms with Gasteiger partial charge in [0.25, 0.3) is 0 Å². The van der Waals surface area contributed by atoms with Gasteiger partial charge in [0.05, 0.1) is 102 Å². The molecule has 292 valence electrons. The summed E-state index contributed by atoms with van der Waals surface area (Å²) in [5, 5.41) is -0.445. The molecule has 0 aliphatic rings. The van der Waals surface area contributed by atoms with Gasteiger partial charge in [-0.25, -0.2) is 0 Å². The fraction of sp³-hybridized carbons (Fsp3) is 0.647. The van der Waals surface area contributed by atoms with Crippen molar-refractivity contribution in [3.63, 3.8) is 0 Å². The van der Waals surface area contributed by atoms with Crippen molar-refractivity contribution in [3.8, 4) is 0 Å². The molecule has 16 heteroatoms. The molecule has 0 fully saturated rings. The van der Waals surface area contributed by atoms with Gasteiger partial charge < -0.3 is 37.9 Å². The molecule has 0 N–H and O–H groups in total. The fourth-order valence-electron chi connectivity index (χ4n) is 2.97. The van der Waals surface area contributed by atoms with E-state index in [0.29, 0.717) is 24.7 Å². The van der Waals surface area contributed by atoms with Crippen molar-refractivity contribution in [2.24, 2.45) is 0 Å². The summed E-state index contributed by atoms with van der Waals surface area (Å²) in [5.41, 5.74) is 0. The zero-order valence-electron chi connectivity index (χ0n) is 31.3. The van der Waals surface area contributed by atoms with E-state index in [1.165, 1.54) is 28.4 Å². The maximum absolute atomic E-state index is 10.9. The highest BCUT2D eigenvalue weighted by Crippen LogP contribution is 2.14. The summed E-state index contributed by atoms with van der Waals surface area (Å²) in [4.78, 5) is 43.5. The predicted molar refractivity (Wildman–Crippen MR) is 204 cm³/mol. The zero-order chi connectivity index (χ0) is 39.7. The zero-order valence-corrected chi connectivity index (χ0v) is 36.0. The number of halogens is 4. The van der Waals surface area contributed by atoms with Crippen LogP contribution >= 0.6 is 55.1 Å². The number of hydrogen-bond donors (Lipinski definition) is 0. The van der Waals surface area contributed by atoms with E-state index < -0.39 is 0 Å². The molecule has 50 heavy (non-hydrogen) atoms. The second-order valence-electron chi connectivity index (χ2n) is 9.29. The van der Waals surface area contributed by atoms with E-state index in [4.69, 9.17) is 51.6 Å². The summed E-state index contributed by atoms with van der Waals surface area (Å²) < 4.78 is 38.4. The summed E-state index contributed by atoms with van der Waals surface area (Å²) in [6, 6.07) is 0. The van der Waals surface area contributed by atoms with Gasteiger partial charge in [-0.1, -0.05) is 31.9 Å². The maximum Gasteiger partial charge on any atom is 0.309 e. The Morgan fingerprint density at radius 1 is 0.480 bits per heavy atom.